The van der Waals surface area contributed by atoms with E-state index in [0.29, 0.717) is 6.61 Å². The van der Waals surface area contributed by atoms with Gasteiger partial charge in [0.25, 0.3) is 0 Å². The van der Waals surface area contributed by atoms with Crippen molar-refractivity contribution in [2.75, 3.05) is 39.3 Å². The molecular weight excluding hydrogens is 433 g/mol. The van der Waals surface area contributed by atoms with E-state index in [4.69, 9.17) is 4.74 Å². The number of hydrogen-bond acceptors (Lipinski definition) is 5. The van der Waals surface area contributed by atoms with Gasteiger partial charge in [-0.25, -0.2) is 9.07 Å². The molecule has 178 valence electrons. The van der Waals surface area contributed by atoms with Gasteiger partial charge in [0.1, 0.15) is 18.2 Å². The predicted molar refractivity (Wildman–Crippen MR) is 127 cm³/mol. The number of fused-ring (bicyclic) bond motifs is 1. The third kappa shape index (κ3) is 5.29. The van der Waals surface area contributed by atoms with Gasteiger partial charge in [-0.3, -0.25) is 14.6 Å². The highest BCUT2D eigenvalue weighted by Gasteiger charge is 2.20. The smallest absolute Gasteiger partial charge is 0.219 e. The molecule has 3 aromatic rings. The van der Waals surface area contributed by atoms with Crippen LogP contribution in [0.15, 0.2) is 54.9 Å². The number of amides is 1. The molecular formula is C26H30FN5O2. The van der Waals surface area contributed by atoms with Gasteiger partial charge < -0.3 is 9.64 Å². The summed E-state index contributed by atoms with van der Waals surface area (Å²) in [5.41, 5.74) is 4.41. The highest BCUT2D eigenvalue weighted by molar-refractivity contribution is 5.73. The van der Waals surface area contributed by atoms with Crippen molar-refractivity contribution in [3.05, 3.63) is 77.4 Å². The highest BCUT2D eigenvalue weighted by Crippen LogP contribution is 2.26. The van der Waals surface area contributed by atoms with Gasteiger partial charge >= 0.3 is 0 Å². The van der Waals surface area contributed by atoms with Crippen LogP contribution in [-0.4, -0.2) is 69.7 Å². The highest BCUT2D eigenvalue weighted by atomic mass is 19.1. The SMILES string of the molecule is CC(=O)N1CCN(Cc2ccc3c(c2)CN(Cc2cnn(-c4ccc(F)cc4)c2)CCO3)CC1. The molecule has 2 aliphatic heterocycles. The van der Waals surface area contributed by atoms with Crippen LogP contribution in [-0.2, 0) is 24.4 Å². The Hall–Kier alpha value is -3.23. The zero-order valence-corrected chi connectivity index (χ0v) is 19.5. The lowest BCUT2D eigenvalue weighted by atomic mass is 10.1. The van der Waals surface area contributed by atoms with E-state index in [1.165, 1.54) is 23.3 Å². The molecule has 0 aliphatic carbocycles. The molecule has 0 spiro atoms. The normalized spacial score (nSPS) is 17.2. The third-order valence-electron chi connectivity index (χ3n) is 6.54. The molecule has 34 heavy (non-hydrogen) atoms. The molecule has 2 aliphatic rings. The van der Waals surface area contributed by atoms with E-state index in [1.807, 2.05) is 17.3 Å². The van der Waals surface area contributed by atoms with Crippen LogP contribution < -0.4 is 4.74 Å². The van der Waals surface area contributed by atoms with Gasteiger partial charge in [-0.2, -0.15) is 5.10 Å². The van der Waals surface area contributed by atoms with E-state index in [-0.39, 0.29) is 11.7 Å². The predicted octanol–water partition coefficient (Wildman–Crippen LogP) is 3.07. The fourth-order valence-corrected chi connectivity index (χ4v) is 4.65. The first-order valence-electron chi connectivity index (χ1n) is 11.8. The minimum atomic E-state index is -0.253. The van der Waals surface area contributed by atoms with Gasteiger partial charge in [0.15, 0.2) is 0 Å². The number of rotatable bonds is 5. The van der Waals surface area contributed by atoms with Crippen molar-refractivity contribution in [2.24, 2.45) is 0 Å². The Morgan fingerprint density at radius 2 is 1.74 bits per heavy atom. The van der Waals surface area contributed by atoms with Crippen molar-refractivity contribution < 1.29 is 13.9 Å². The molecule has 5 rings (SSSR count). The molecule has 0 bridgehead atoms. The Kier molecular flexibility index (Phi) is 6.60. The molecule has 7 nitrogen and oxygen atoms in total. The first-order chi connectivity index (χ1) is 16.5. The van der Waals surface area contributed by atoms with Gasteiger partial charge in [0, 0.05) is 76.6 Å². The number of nitrogens with zero attached hydrogens (tertiary/aromatic N) is 5. The molecule has 2 aromatic carbocycles. The molecule has 1 saturated heterocycles. The second kappa shape index (κ2) is 9.95. The molecule has 1 aromatic heterocycles. The number of halogens is 1. The maximum atomic E-state index is 13.2. The summed E-state index contributed by atoms with van der Waals surface area (Å²) in [4.78, 5) is 18.3. The van der Waals surface area contributed by atoms with Gasteiger partial charge in [-0.1, -0.05) is 6.07 Å². The van der Waals surface area contributed by atoms with Crippen molar-refractivity contribution in [1.82, 2.24) is 24.5 Å². The maximum Gasteiger partial charge on any atom is 0.219 e. The lowest BCUT2D eigenvalue weighted by Gasteiger charge is -2.34. The Bertz CT molecular complexity index is 1140. The van der Waals surface area contributed by atoms with E-state index in [9.17, 15) is 9.18 Å². The van der Waals surface area contributed by atoms with Crippen LogP contribution in [0.1, 0.15) is 23.6 Å². The summed E-state index contributed by atoms with van der Waals surface area (Å²) in [5, 5.41) is 4.45. The quantitative estimate of drug-likeness (QED) is 0.582. The van der Waals surface area contributed by atoms with Crippen LogP contribution in [0.25, 0.3) is 5.69 Å². The zero-order valence-electron chi connectivity index (χ0n) is 19.5. The minimum Gasteiger partial charge on any atom is -0.492 e. The third-order valence-corrected chi connectivity index (χ3v) is 6.54. The number of carbonyl (C=O) groups is 1. The molecule has 3 heterocycles. The largest absolute Gasteiger partial charge is 0.492 e. The summed E-state index contributed by atoms with van der Waals surface area (Å²) >= 11 is 0. The molecule has 1 fully saturated rings. The molecule has 0 N–H and O–H groups in total. The molecule has 8 heteroatoms. The first-order valence-corrected chi connectivity index (χ1v) is 11.8. The summed E-state index contributed by atoms with van der Waals surface area (Å²) in [5.74, 6) is 0.858. The molecule has 0 unspecified atom stereocenters. The number of aromatic nitrogens is 2. The van der Waals surface area contributed by atoms with Crippen molar-refractivity contribution in [3.8, 4) is 11.4 Å². The van der Waals surface area contributed by atoms with Crippen LogP contribution >= 0.6 is 0 Å². The van der Waals surface area contributed by atoms with Crippen molar-refractivity contribution >= 4 is 5.91 Å². The van der Waals surface area contributed by atoms with Crippen LogP contribution in [0.5, 0.6) is 5.75 Å². The van der Waals surface area contributed by atoms with E-state index < -0.39 is 0 Å². The van der Waals surface area contributed by atoms with Gasteiger partial charge in [-0.05, 0) is 42.0 Å². The summed E-state index contributed by atoms with van der Waals surface area (Å²) < 4.78 is 21.0. The Morgan fingerprint density at radius 1 is 0.971 bits per heavy atom. The van der Waals surface area contributed by atoms with Crippen LogP contribution in [0.3, 0.4) is 0 Å². The monoisotopic (exact) mass is 463 g/mol. The Morgan fingerprint density at radius 3 is 2.50 bits per heavy atom. The van der Waals surface area contributed by atoms with Crippen molar-refractivity contribution in [2.45, 2.75) is 26.6 Å². The molecule has 0 saturated carbocycles. The summed E-state index contributed by atoms with van der Waals surface area (Å²) in [6.45, 7) is 8.96. The lowest BCUT2D eigenvalue weighted by molar-refractivity contribution is -0.130. The molecule has 0 atom stereocenters. The number of carbonyl (C=O) groups excluding carboxylic acids is 1. The standard InChI is InChI=1S/C26H30FN5O2/c1-20(33)31-10-8-29(9-11-31)16-21-2-7-26-23(14-21)19-30(12-13-34-26)17-22-15-28-32(18-22)25-5-3-24(27)4-6-25/h2-7,14-15,18H,8-13,16-17,19H2,1H3. The number of benzene rings is 2. The summed E-state index contributed by atoms with van der Waals surface area (Å²) in [7, 11) is 0. The number of hydrogen-bond donors (Lipinski definition) is 0. The average molecular weight is 464 g/mol. The minimum absolute atomic E-state index is 0.158. The average Bonchev–Trinajstić information content (AvgIpc) is 3.20. The van der Waals surface area contributed by atoms with Gasteiger partial charge in [0.05, 0.1) is 11.9 Å². The van der Waals surface area contributed by atoms with Crippen molar-refractivity contribution in [3.63, 3.8) is 0 Å². The van der Waals surface area contributed by atoms with Gasteiger partial charge in [0.2, 0.25) is 5.91 Å². The first kappa shape index (κ1) is 22.6. The van der Waals surface area contributed by atoms with E-state index in [0.717, 1.165) is 69.4 Å². The van der Waals surface area contributed by atoms with Gasteiger partial charge in [-0.15, -0.1) is 0 Å². The lowest BCUT2D eigenvalue weighted by Crippen LogP contribution is -2.47. The summed E-state index contributed by atoms with van der Waals surface area (Å²) in [6.07, 6.45) is 3.87. The maximum absolute atomic E-state index is 13.2. The Labute approximate surface area is 199 Å². The number of piperazine rings is 1. The second-order valence-electron chi connectivity index (χ2n) is 9.05. The van der Waals surface area contributed by atoms with Crippen LogP contribution in [0.2, 0.25) is 0 Å². The fraction of sp³-hybridized carbons (Fsp3) is 0.385. The van der Waals surface area contributed by atoms with Crippen LogP contribution in [0.4, 0.5) is 4.39 Å². The summed E-state index contributed by atoms with van der Waals surface area (Å²) in [6, 6.07) is 12.8. The van der Waals surface area contributed by atoms with E-state index in [2.05, 4.69) is 33.1 Å². The molecule has 1 amide bonds. The van der Waals surface area contributed by atoms with E-state index >= 15 is 0 Å². The van der Waals surface area contributed by atoms with Crippen molar-refractivity contribution in [1.29, 1.82) is 0 Å². The second-order valence-corrected chi connectivity index (χ2v) is 9.05. The van der Waals surface area contributed by atoms with Crippen LogP contribution in [0, 0.1) is 5.82 Å². The van der Waals surface area contributed by atoms with E-state index in [1.54, 1.807) is 23.7 Å². The zero-order chi connectivity index (χ0) is 23.5. The Balaban J connectivity index is 1.23. The topological polar surface area (TPSA) is 53.8 Å². The molecule has 0 radical (unpaired) electrons. The fourth-order valence-electron chi connectivity index (χ4n) is 4.65. The number of ether oxygens (including phenoxy) is 1.